The summed E-state index contributed by atoms with van der Waals surface area (Å²) in [4.78, 5) is 0. The molecule has 0 fully saturated rings. The zero-order valence-electron chi connectivity index (χ0n) is 14.2. The molecule has 1 nitrogen and oxygen atoms in total. The smallest absolute Gasteiger partial charge is 0.0000286 e. The molecule has 0 aliphatic heterocycles. The third-order valence-electron chi connectivity index (χ3n) is 3.78. The molecule has 18 heavy (non-hydrogen) atoms. The monoisotopic (exact) mass is 255 g/mol. The van der Waals surface area contributed by atoms with Crippen LogP contribution in [0.25, 0.3) is 0 Å². The Morgan fingerprint density at radius 1 is 0.778 bits per heavy atom. The molecule has 0 amide bonds. The van der Waals surface area contributed by atoms with Crippen LogP contribution in [0.4, 0.5) is 0 Å². The summed E-state index contributed by atoms with van der Waals surface area (Å²) in [6, 6.07) is 0. The fourth-order valence-electron chi connectivity index (χ4n) is 3.94. The van der Waals surface area contributed by atoms with Crippen molar-refractivity contribution in [2.75, 3.05) is 13.6 Å². The Balaban J connectivity index is 4.45. The van der Waals surface area contributed by atoms with Gasteiger partial charge in [0.25, 0.3) is 0 Å². The molecule has 1 N–H and O–H groups in total. The average Bonchev–Trinajstić information content (AvgIpc) is 2.10. The Labute approximate surface area is 116 Å². The molecule has 0 aliphatic carbocycles. The Bertz CT molecular complexity index is 226. The van der Waals surface area contributed by atoms with Gasteiger partial charge in [0, 0.05) is 0 Å². The minimum absolute atomic E-state index is 0.388. The highest BCUT2D eigenvalue weighted by molar-refractivity contribution is 4.85. The largest absolute Gasteiger partial charge is 0.319 e. The van der Waals surface area contributed by atoms with Gasteiger partial charge < -0.3 is 5.32 Å². The van der Waals surface area contributed by atoms with Crippen LogP contribution in [0.15, 0.2) is 0 Å². The van der Waals surface area contributed by atoms with Crippen LogP contribution in [0.1, 0.15) is 80.6 Å². The summed E-state index contributed by atoms with van der Waals surface area (Å²) in [5.74, 6) is 0. The summed E-state index contributed by atoms with van der Waals surface area (Å²) in [6.45, 7) is 17.9. The second-order valence-electron chi connectivity index (χ2n) is 8.48. The van der Waals surface area contributed by atoms with Crippen molar-refractivity contribution in [1.82, 2.24) is 5.32 Å². The van der Waals surface area contributed by atoms with Crippen molar-refractivity contribution in [3.05, 3.63) is 0 Å². The maximum absolute atomic E-state index is 3.33. The van der Waals surface area contributed by atoms with E-state index >= 15 is 0 Å². The van der Waals surface area contributed by atoms with Crippen molar-refractivity contribution in [1.29, 1.82) is 0 Å². The van der Waals surface area contributed by atoms with E-state index in [4.69, 9.17) is 0 Å². The van der Waals surface area contributed by atoms with Gasteiger partial charge in [-0.15, -0.1) is 0 Å². The summed E-state index contributed by atoms with van der Waals surface area (Å²) in [5, 5.41) is 3.33. The summed E-state index contributed by atoms with van der Waals surface area (Å²) >= 11 is 0. The normalized spacial score (nSPS) is 14.0. The minimum atomic E-state index is 0.388. The van der Waals surface area contributed by atoms with Gasteiger partial charge in [0.15, 0.2) is 0 Å². The van der Waals surface area contributed by atoms with Crippen LogP contribution in [0.5, 0.6) is 0 Å². The summed E-state index contributed by atoms with van der Waals surface area (Å²) in [6.07, 6.45) is 6.65. The van der Waals surface area contributed by atoms with Gasteiger partial charge >= 0.3 is 0 Å². The molecule has 0 aromatic rings. The lowest BCUT2D eigenvalue weighted by Crippen LogP contribution is -2.34. The molecule has 110 valence electrons. The quantitative estimate of drug-likeness (QED) is 0.593. The van der Waals surface area contributed by atoms with E-state index < -0.39 is 0 Å². The molecule has 0 aromatic carbocycles. The predicted molar refractivity (Wildman–Crippen MR) is 84.0 cm³/mol. The molecule has 0 saturated carbocycles. The standard InChI is InChI=1S/C17H37N/c1-9-10-11-15(2,3)12-16(4,5)13-17(6,7)14-18-8/h18H,9-14H2,1-8H3. The summed E-state index contributed by atoms with van der Waals surface area (Å²) < 4.78 is 0. The van der Waals surface area contributed by atoms with Crippen LogP contribution in [0, 0.1) is 16.2 Å². The predicted octanol–water partition coefficient (Wildman–Crippen LogP) is 5.25. The molecule has 0 aliphatic rings. The van der Waals surface area contributed by atoms with E-state index in [0.717, 1.165) is 6.54 Å². The molecule has 0 unspecified atom stereocenters. The molecule has 0 rings (SSSR count). The maximum Gasteiger partial charge on any atom is -0.0000286 e. The van der Waals surface area contributed by atoms with E-state index in [1.807, 2.05) is 0 Å². The molecule has 0 saturated heterocycles. The van der Waals surface area contributed by atoms with E-state index in [0.29, 0.717) is 16.2 Å². The van der Waals surface area contributed by atoms with Crippen LogP contribution in [-0.2, 0) is 0 Å². The number of hydrogen-bond acceptors (Lipinski definition) is 1. The minimum Gasteiger partial charge on any atom is -0.319 e. The number of unbranched alkanes of at least 4 members (excludes halogenated alkanes) is 1. The van der Waals surface area contributed by atoms with E-state index in [1.54, 1.807) is 0 Å². The number of nitrogens with one attached hydrogen (secondary N) is 1. The van der Waals surface area contributed by atoms with Crippen molar-refractivity contribution in [2.45, 2.75) is 80.6 Å². The third-order valence-corrected chi connectivity index (χ3v) is 3.78. The fraction of sp³-hybridized carbons (Fsp3) is 1.00. The molecule has 0 spiro atoms. The van der Waals surface area contributed by atoms with Crippen molar-refractivity contribution in [3.63, 3.8) is 0 Å². The lowest BCUT2D eigenvalue weighted by molar-refractivity contribution is 0.117. The first-order valence-corrected chi connectivity index (χ1v) is 7.68. The van der Waals surface area contributed by atoms with Crippen molar-refractivity contribution in [2.24, 2.45) is 16.2 Å². The third kappa shape index (κ3) is 8.13. The SMILES string of the molecule is CCCCC(C)(C)CC(C)(C)CC(C)(C)CNC. The first-order valence-electron chi connectivity index (χ1n) is 7.68. The van der Waals surface area contributed by atoms with Crippen molar-refractivity contribution < 1.29 is 0 Å². The number of hydrogen-bond donors (Lipinski definition) is 1. The molecular formula is C17H37N. The zero-order chi connectivity index (χ0) is 14.4. The van der Waals surface area contributed by atoms with Gasteiger partial charge in [-0.2, -0.15) is 0 Å². The second kappa shape index (κ2) is 6.93. The Morgan fingerprint density at radius 2 is 1.28 bits per heavy atom. The van der Waals surface area contributed by atoms with Crippen LogP contribution in [0.2, 0.25) is 0 Å². The zero-order valence-corrected chi connectivity index (χ0v) is 14.2. The highest BCUT2D eigenvalue weighted by Crippen LogP contribution is 2.43. The van der Waals surface area contributed by atoms with Crippen LogP contribution < -0.4 is 5.32 Å². The van der Waals surface area contributed by atoms with Crippen LogP contribution in [0.3, 0.4) is 0 Å². The highest BCUT2D eigenvalue weighted by Gasteiger charge is 2.33. The summed E-state index contributed by atoms with van der Waals surface area (Å²) in [5.41, 5.74) is 1.30. The van der Waals surface area contributed by atoms with Gasteiger partial charge in [-0.1, -0.05) is 61.3 Å². The van der Waals surface area contributed by atoms with E-state index in [2.05, 4.69) is 60.8 Å². The first kappa shape index (κ1) is 18.0. The molecule has 1 heteroatoms. The van der Waals surface area contributed by atoms with Gasteiger partial charge in [0.05, 0.1) is 0 Å². The molecule has 0 radical (unpaired) electrons. The van der Waals surface area contributed by atoms with Gasteiger partial charge in [0.2, 0.25) is 0 Å². The fourth-order valence-corrected chi connectivity index (χ4v) is 3.94. The lowest BCUT2D eigenvalue weighted by atomic mass is 9.66. The first-order chi connectivity index (χ1) is 8.04. The van der Waals surface area contributed by atoms with E-state index in [9.17, 15) is 0 Å². The average molecular weight is 255 g/mol. The molecular weight excluding hydrogens is 218 g/mol. The Morgan fingerprint density at radius 3 is 1.72 bits per heavy atom. The number of rotatable bonds is 9. The highest BCUT2D eigenvalue weighted by atomic mass is 14.8. The van der Waals surface area contributed by atoms with Gasteiger partial charge in [-0.25, -0.2) is 0 Å². The van der Waals surface area contributed by atoms with Crippen LogP contribution in [-0.4, -0.2) is 13.6 Å². The Hall–Kier alpha value is -0.0400. The van der Waals surface area contributed by atoms with Crippen LogP contribution >= 0.6 is 0 Å². The van der Waals surface area contributed by atoms with Gasteiger partial charge in [-0.3, -0.25) is 0 Å². The van der Waals surface area contributed by atoms with E-state index in [-0.39, 0.29) is 0 Å². The second-order valence-corrected chi connectivity index (χ2v) is 8.48. The maximum atomic E-state index is 3.33. The molecule has 0 aromatic heterocycles. The van der Waals surface area contributed by atoms with Gasteiger partial charge in [0.1, 0.15) is 0 Å². The lowest BCUT2D eigenvalue weighted by Gasteiger charge is -2.40. The Kier molecular flexibility index (Phi) is 6.92. The molecule has 0 heterocycles. The van der Waals surface area contributed by atoms with Crippen molar-refractivity contribution >= 4 is 0 Å². The molecule has 0 bridgehead atoms. The van der Waals surface area contributed by atoms with Gasteiger partial charge in [-0.05, 0) is 49.1 Å². The van der Waals surface area contributed by atoms with Crippen molar-refractivity contribution in [3.8, 4) is 0 Å². The topological polar surface area (TPSA) is 12.0 Å². The van der Waals surface area contributed by atoms with E-state index in [1.165, 1.54) is 32.1 Å². The summed E-state index contributed by atoms with van der Waals surface area (Å²) in [7, 11) is 2.06. The molecule has 0 atom stereocenters.